The fraction of sp³-hybridized carbons (Fsp3) is 1.00. The van der Waals surface area contributed by atoms with Gasteiger partial charge < -0.3 is 9.47 Å². The lowest BCUT2D eigenvalue weighted by Crippen LogP contribution is -2.12. The van der Waals surface area contributed by atoms with Crippen LogP contribution in [0.5, 0.6) is 0 Å². The topological polar surface area (TPSA) is 82.1 Å². The molecule has 0 aliphatic rings. The van der Waals surface area contributed by atoms with Crippen LogP contribution in [0.15, 0.2) is 0 Å². The molecule has 0 aliphatic carbocycles. The van der Waals surface area contributed by atoms with Crippen molar-refractivity contribution in [2.24, 2.45) is 0 Å². The summed E-state index contributed by atoms with van der Waals surface area (Å²) in [7, 11) is -4.33. The maximum Gasteiger partial charge on any atom is 0.397 e. The van der Waals surface area contributed by atoms with Gasteiger partial charge in [0.25, 0.3) is 0 Å². The van der Waals surface area contributed by atoms with Gasteiger partial charge in [-0.25, -0.2) is 4.18 Å². The Morgan fingerprint density at radius 1 is 1.08 bits per heavy atom. The van der Waals surface area contributed by atoms with Gasteiger partial charge in [-0.05, 0) is 6.92 Å². The van der Waals surface area contributed by atoms with Gasteiger partial charge in [0.1, 0.15) is 0 Å². The molecule has 6 nitrogen and oxygen atoms in total. The molecule has 7 heteroatoms. The first-order valence-corrected chi connectivity index (χ1v) is 5.20. The summed E-state index contributed by atoms with van der Waals surface area (Å²) in [5.74, 6) is 0. The molecule has 0 fully saturated rings. The van der Waals surface area contributed by atoms with E-state index >= 15 is 0 Å². The van der Waals surface area contributed by atoms with Gasteiger partial charge >= 0.3 is 10.4 Å². The monoisotopic (exact) mass is 214 g/mol. The highest BCUT2D eigenvalue weighted by atomic mass is 32.3. The minimum absolute atomic E-state index is 0.104. The molecule has 0 radical (unpaired) electrons. The average Bonchev–Trinajstić information content (AvgIpc) is 2.01. The number of rotatable bonds is 8. The van der Waals surface area contributed by atoms with Gasteiger partial charge in [0, 0.05) is 6.61 Å². The minimum Gasteiger partial charge on any atom is -0.379 e. The van der Waals surface area contributed by atoms with E-state index in [1.54, 1.807) is 0 Å². The van der Waals surface area contributed by atoms with Crippen LogP contribution in [0.3, 0.4) is 0 Å². The molecule has 0 unspecified atom stereocenters. The fourth-order valence-corrected chi connectivity index (χ4v) is 0.841. The van der Waals surface area contributed by atoms with E-state index in [-0.39, 0.29) is 13.2 Å². The van der Waals surface area contributed by atoms with Gasteiger partial charge in [-0.3, -0.25) is 4.55 Å². The first kappa shape index (κ1) is 12.8. The Morgan fingerprint density at radius 3 is 2.15 bits per heavy atom. The Labute approximate surface area is 77.7 Å². The van der Waals surface area contributed by atoms with E-state index < -0.39 is 10.4 Å². The van der Waals surface area contributed by atoms with E-state index in [0.717, 1.165) is 0 Å². The van der Waals surface area contributed by atoms with Crippen molar-refractivity contribution in [3.05, 3.63) is 0 Å². The number of ether oxygens (including phenoxy) is 2. The molecule has 0 heterocycles. The van der Waals surface area contributed by atoms with Crippen LogP contribution in [-0.4, -0.2) is 46.0 Å². The summed E-state index contributed by atoms with van der Waals surface area (Å²) >= 11 is 0. The van der Waals surface area contributed by atoms with Crippen molar-refractivity contribution in [3.8, 4) is 0 Å². The normalized spacial score (nSPS) is 11.8. The van der Waals surface area contributed by atoms with Crippen molar-refractivity contribution in [2.75, 3.05) is 33.0 Å². The van der Waals surface area contributed by atoms with Crippen LogP contribution in [0.2, 0.25) is 0 Å². The van der Waals surface area contributed by atoms with Crippen molar-refractivity contribution >= 4 is 10.4 Å². The summed E-state index contributed by atoms with van der Waals surface area (Å²) in [5.41, 5.74) is 0. The van der Waals surface area contributed by atoms with E-state index in [4.69, 9.17) is 14.0 Å². The Balaban J connectivity index is 3.09. The maximum atomic E-state index is 10.0. The second kappa shape index (κ2) is 7.22. The SMILES string of the molecule is CCOCCOCCOS(=O)(=O)O. The summed E-state index contributed by atoms with van der Waals surface area (Å²) in [6, 6.07) is 0. The van der Waals surface area contributed by atoms with Crippen LogP contribution in [0, 0.1) is 0 Å². The number of hydrogen-bond donors (Lipinski definition) is 1. The lowest BCUT2D eigenvalue weighted by Gasteiger charge is -2.03. The Bertz CT molecular complexity index is 199. The molecule has 0 aromatic carbocycles. The summed E-state index contributed by atoms with van der Waals surface area (Å²) in [5, 5.41) is 0. The predicted octanol–water partition coefficient (Wildman–Crippen LogP) is -0.141. The molecule has 0 saturated carbocycles. The third-order valence-electron chi connectivity index (χ3n) is 1.04. The second-order valence-corrected chi connectivity index (χ2v) is 3.15. The lowest BCUT2D eigenvalue weighted by atomic mass is 10.7. The molecule has 0 saturated heterocycles. The van der Waals surface area contributed by atoms with Gasteiger partial charge in [0.05, 0.1) is 26.4 Å². The standard InChI is InChI=1S/C6H14O6S/c1-2-10-3-4-11-5-6-12-13(7,8)9/h2-6H2,1H3,(H,7,8,9). The van der Waals surface area contributed by atoms with Crippen LogP contribution >= 0.6 is 0 Å². The van der Waals surface area contributed by atoms with Gasteiger partial charge in [-0.1, -0.05) is 0 Å². The smallest absolute Gasteiger partial charge is 0.379 e. The Morgan fingerprint density at radius 2 is 1.62 bits per heavy atom. The van der Waals surface area contributed by atoms with E-state index in [2.05, 4.69) is 4.18 Å². The van der Waals surface area contributed by atoms with Crippen molar-refractivity contribution < 1.29 is 26.6 Å². The van der Waals surface area contributed by atoms with Crippen LogP contribution < -0.4 is 0 Å². The van der Waals surface area contributed by atoms with Crippen LogP contribution in [-0.2, 0) is 24.1 Å². The first-order chi connectivity index (χ1) is 6.06. The quantitative estimate of drug-likeness (QED) is 0.447. The van der Waals surface area contributed by atoms with Gasteiger partial charge in [0.2, 0.25) is 0 Å². The lowest BCUT2D eigenvalue weighted by molar-refractivity contribution is 0.0398. The van der Waals surface area contributed by atoms with Gasteiger partial charge in [-0.15, -0.1) is 0 Å². The van der Waals surface area contributed by atoms with Crippen LogP contribution in [0.4, 0.5) is 0 Å². The molecule has 0 aromatic heterocycles. The van der Waals surface area contributed by atoms with Crippen LogP contribution in [0.1, 0.15) is 6.92 Å². The zero-order valence-electron chi connectivity index (χ0n) is 7.43. The molecule has 0 amide bonds. The largest absolute Gasteiger partial charge is 0.397 e. The molecule has 0 aromatic rings. The first-order valence-electron chi connectivity index (χ1n) is 3.83. The second-order valence-electron chi connectivity index (χ2n) is 2.06. The maximum absolute atomic E-state index is 10.0. The van der Waals surface area contributed by atoms with Crippen molar-refractivity contribution in [1.82, 2.24) is 0 Å². The summed E-state index contributed by atoms with van der Waals surface area (Å²) < 4.78 is 42.0. The molecule has 0 bridgehead atoms. The van der Waals surface area contributed by atoms with E-state index in [0.29, 0.717) is 19.8 Å². The van der Waals surface area contributed by atoms with Crippen molar-refractivity contribution in [1.29, 1.82) is 0 Å². The number of hydrogen-bond acceptors (Lipinski definition) is 5. The van der Waals surface area contributed by atoms with Crippen molar-refractivity contribution in [3.63, 3.8) is 0 Å². The van der Waals surface area contributed by atoms with Gasteiger partial charge in [0.15, 0.2) is 0 Å². The average molecular weight is 214 g/mol. The molecular formula is C6H14O6S. The highest BCUT2D eigenvalue weighted by molar-refractivity contribution is 7.80. The predicted molar refractivity (Wildman–Crippen MR) is 44.8 cm³/mol. The third kappa shape index (κ3) is 11.8. The molecule has 0 atom stereocenters. The minimum atomic E-state index is -4.33. The Hall–Kier alpha value is -0.210. The molecule has 0 aliphatic heterocycles. The molecule has 13 heavy (non-hydrogen) atoms. The zero-order valence-corrected chi connectivity index (χ0v) is 8.25. The molecular weight excluding hydrogens is 200 g/mol. The fourth-order valence-electron chi connectivity index (χ4n) is 0.563. The highest BCUT2D eigenvalue weighted by Gasteiger charge is 2.02. The summed E-state index contributed by atoms with van der Waals surface area (Å²) in [6.45, 7) is 3.23. The van der Waals surface area contributed by atoms with E-state index in [1.807, 2.05) is 6.92 Å². The third-order valence-corrected chi connectivity index (χ3v) is 1.50. The summed E-state index contributed by atoms with van der Waals surface area (Å²) in [4.78, 5) is 0. The zero-order chi connectivity index (χ0) is 10.2. The van der Waals surface area contributed by atoms with E-state index in [9.17, 15) is 8.42 Å². The molecule has 80 valence electrons. The van der Waals surface area contributed by atoms with Gasteiger partial charge in [-0.2, -0.15) is 8.42 Å². The Kier molecular flexibility index (Phi) is 7.10. The summed E-state index contributed by atoms with van der Waals surface area (Å²) in [6.07, 6.45) is 0. The van der Waals surface area contributed by atoms with Crippen LogP contribution in [0.25, 0.3) is 0 Å². The molecule has 0 rings (SSSR count). The van der Waals surface area contributed by atoms with E-state index in [1.165, 1.54) is 0 Å². The molecule has 0 spiro atoms. The molecule has 1 N–H and O–H groups in total. The van der Waals surface area contributed by atoms with Crippen molar-refractivity contribution in [2.45, 2.75) is 6.92 Å². The highest BCUT2D eigenvalue weighted by Crippen LogP contribution is 1.86.